The van der Waals surface area contributed by atoms with Crippen LogP contribution < -0.4 is 0 Å². The largest absolute Gasteiger partial charge is 0.0885 e. The standard InChI is InChI=1S/C10H19/c1-4-5-6-7-8-9-10(2)3/h5-6,10H,1,4,7-9H2,2-3H3. The van der Waals surface area contributed by atoms with Crippen molar-refractivity contribution in [3.63, 3.8) is 0 Å². The highest BCUT2D eigenvalue weighted by atomic mass is 14.0. The predicted molar refractivity (Wildman–Crippen MR) is 47.8 cm³/mol. The first kappa shape index (κ1) is 9.74. The van der Waals surface area contributed by atoms with E-state index in [0.29, 0.717) is 0 Å². The second kappa shape index (κ2) is 6.85. The number of hydrogen-bond donors (Lipinski definition) is 0. The van der Waals surface area contributed by atoms with Gasteiger partial charge in [-0.15, -0.1) is 0 Å². The molecule has 0 aromatic rings. The minimum atomic E-state index is 0.855. The molecule has 0 N–H and O–H groups in total. The van der Waals surface area contributed by atoms with Gasteiger partial charge in [-0.25, -0.2) is 0 Å². The van der Waals surface area contributed by atoms with Crippen LogP contribution in [0, 0.1) is 12.8 Å². The Morgan fingerprint density at radius 1 is 1.30 bits per heavy atom. The lowest BCUT2D eigenvalue weighted by Gasteiger charge is -2.00. The van der Waals surface area contributed by atoms with E-state index in [1.54, 1.807) is 0 Å². The van der Waals surface area contributed by atoms with Crippen LogP contribution in [0.25, 0.3) is 0 Å². The Bertz CT molecular complexity index is 80.0. The normalized spacial score (nSPS) is 11.6. The van der Waals surface area contributed by atoms with E-state index in [4.69, 9.17) is 0 Å². The Hall–Kier alpha value is -0.260. The van der Waals surface area contributed by atoms with Gasteiger partial charge in [-0.05, 0) is 32.1 Å². The van der Waals surface area contributed by atoms with Crippen molar-refractivity contribution in [2.45, 2.75) is 39.5 Å². The number of allylic oxidation sites excluding steroid dienone is 2. The van der Waals surface area contributed by atoms with Gasteiger partial charge in [-0.2, -0.15) is 0 Å². The van der Waals surface area contributed by atoms with Crippen LogP contribution in [0.3, 0.4) is 0 Å². The minimum Gasteiger partial charge on any atom is -0.0885 e. The number of unbranched alkanes of at least 4 members (excludes halogenated alkanes) is 1. The van der Waals surface area contributed by atoms with Gasteiger partial charge < -0.3 is 0 Å². The molecule has 0 atom stereocenters. The minimum absolute atomic E-state index is 0.855. The third-order valence-electron chi connectivity index (χ3n) is 1.49. The zero-order valence-electron chi connectivity index (χ0n) is 7.27. The molecule has 0 aromatic heterocycles. The topological polar surface area (TPSA) is 0 Å². The molecule has 0 bridgehead atoms. The molecule has 0 nitrogen and oxygen atoms in total. The van der Waals surface area contributed by atoms with Crippen LogP contribution in [0.1, 0.15) is 39.5 Å². The second-order valence-corrected chi connectivity index (χ2v) is 3.08. The number of hydrogen-bond acceptors (Lipinski definition) is 0. The van der Waals surface area contributed by atoms with Crippen molar-refractivity contribution in [2.24, 2.45) is 5.92 Å². The SMILES string of the molecule is [CH2]CC=CCCCC(C)C. The van der Waals surface area contributed by atoms with Crippen molar-refractivity contribution >= 4 is 0 Å². The lowest BCUT2D eigenvalue weighted by atomic mass is 10.1. The summed E-state index contributed by atoms with van der Waals surface area (Å²) in [7, 11) is 0. The first-order chi connectivity index (χ1) is 4.77. The van der Waals surface area contributed by atoms with Crippen LogP contribution in [-0.2, 0) is 0 Å². The first-order valence-corrected chi connectivity index (χ1v) is 4.21. The van der Waals surface area contributed by atoms with Gasteiger partial charge in [0.2, 0.25) is 0 Å². The Morgan fingerprint density at radius 2 is 2.00 bits per heavy atom. The molecule has 0 rings (SSSR count). The zero-order chi connectivity index (χ0) is 7.82. The van der Waals surface area contributed by atoms with Crippen molar-refractivity contribution in [3.05, 3.63) is 19.1 Å². The Kier molecular flexibility index (Phi) is 6.68. The quantitative estimate of drug-likeness (QED) is 0.403. The molecule has 0 aliphatic heterocycles. The van der Waals surface area contributed by atoms with Gasteiger partial charge in [0.05, 0.1) is 0 Å². The Labute approximate surface area is 65.3 Å². The van der Waals surface area contributed by atoms with E-state index in [1.165, 1.54) is 19.3 Å². The van der Waals surface area contributed by atoms with E-state index in [1.807, 2.05) is 0 Å². The van der Waals surface area contributed by atoms with Gasteiger partial charge in [0.25, 0.3) is 0 Å². The Balaban J connectivity index is 2.97. The smallest absolute Gasteiger partial charge is 0.0351 e. The van der Waals surface area contributed by atoms with E-state index in [2.05, 4.69) is 32.9 Å². The fourth-order valence-electron chi connectivity index (χ4n) is 0.880. The summed E-state index contributed by atoms with van der Waals surface area (Å²) >= 11 is 0. The summed E-state index contributed by atoms with van der Waals surface area (Å²) in [6.07, 6.45) is 9.21. The molecule has 0 fully saturated rings. The summed E-state index contributed by atoms with van der Waals surface area (Å²) in [5.41, 5.74) is 0. The van der Waals surface area contributed by atoms with Crippen LogP contribution in [0.4, 0.5) is 0 Å². The van der Waals surface area contributed by atoms with Crippen molar-refractivity contribution in [3.8, 4) is 0 Å². The molecule has 0 aliphatic carbocycles. The molecule has 0 spiro atoms. The molecular formula is C10H19. The van der Waals surface area contributed by atoms with E-state index >= 15 is 0 Å². The van der Waals surface area contributed by atoms with Crippen LogP contribution in [0.15, 0.2) is 12.2 Å². The molecule has 10 heavy (non-hydrogen) atoms. The molecule has 0 heteroatoms. The molecule has 0 saturated heterocycles. The summed E-state index contributed by atoms with van der Waals surface area (Å²) in [6, 6.07) is 0. The summed E-state index contributed by atoms with van der Waals surface area (Å²) in [5, 5.41) is 0. The third kappa shape index (κ3) is 7.74. The molecular weight excluding hydrogens is 120 g/mol. The number of rotatable bonds is 5. The molecule has 0 unspecified atom stereocenters. The summed E-state index contributed by atoms with van der Waals surface area (Å²) in [6.45, 7) is 8.27. The van der Waals surface area contributed by atoms with Crippen molar-refractivity contribution < 1.29 is 0 Å². The van der Waals surface area contributed by atoms with Crippen molar-refractivity contribution in [1.82, 2.24) is 0 Å². The van der Waals surface area contributed by atoms with E-state index in [0.717, 1.165) is 12.3 Å². The lowest BCUT2D eigenvalue weighted by Crippen LogP contribution is -1.84. The zero-order valence-corrected chi connectivity index (χ0v) is 7.27. The van der Waals surface area contributed by atoms with Crippen LogP contribution >= 0.6 is 0 Å². The molecule has 0 saturated carbocycles. The average Bonchev–Trinajstić information content (AvgIpc) is 1.87. The summed E-state index contributed by atoms with van der Waals surface area (Å²) < 4.78 is 0. The predicted octanol–water partition coefficient (Wildman–Crippen LogP) is 3.59. The van der Waals surface area contributed by atoms with E-state index in [-0.39, 0.29) is 0 Å². The fourth-order valence-corrected chi connectivity index (χ4v) is 0.880. The highest BCUT2D eigenvalue weighted by molar-refractivity contribution is 4.81. The molecule has 0 aliphatic rings. The second-order valence-electron chi connectivity index (χ2n) is 3.08. The molecule has 59 valence electrons. The average molecular weight is 139 g/mol. The highest BCUT2D eigenvalue weighted by Crippen LogP contribution is 2.06. The molecule has 0 heterocycles. The molecule has 0 amide bonds. The maximum Gasteiger partial charge on any atom is -0.0351 e. The van der Waals surface area contributed by atoms with Gasteiger partial charge in [0.1, 0.15) is 0 Å². The maximum absolute atomic E-state index is 3.73. The maximum atomic E-state index is 3.73. The van der Waals surface area contributed by atoms with Gasteiger partial charge in [0, 0.05) is 0 Å². The van der Waals surface area contributed by atoms with Gasteiger partial charge in [-0.3, -0.25) is 0 Å². The van der Waals surface area contributed by atoms with Gasteiger partial charge in [-0.1, -0.05) is 32.4 Å². The summed E-state index contributed by atoms with van der Waals surface area (Å²) in [5.74, 6) is 0.855. The van der Waals surface area contributed by atoms with Gasteiger partial charge in [0.15, 0.2) is 0 Å². The summed E-state index contributed by atoms with van der Waals surface area (Å²) in [4.78, 5) is 0. The van der Waals surface area contributed by atoms with Crippen LogP contribution in [0.5, 0.6) is 0 Å². The first-order valence-electron chi connectivity index (χ1n) is 4.21. The monoisotopic (exact) mass is 139 g/mol. The van der Waals surface area contributed by atoms with Crippen LogP contribution in [0.2, 0.25) is 0 Å². The molecule has 1 radical (unpaired) electrons. The van der Waals surface area contributed by atoms with E-state index in [9.17, 15) is 0 Å². The van der Waals surface area contributed by atoms with Crippen molar-refractivity contribution in [1.29, 1.82) is 0 Å². The van der Waals surface area contributed by atoms with E-state index < -0.39 is 0 Å². The van der Waals surface area contributed by atoms with Crippen LogP contribution in [-0.4, -0.2) is 0 Å². The molecule has 0 aromatic carbocycles. The van der Waals surface area contributed by atoms with Crippen molar-refractivity contribution in [2.75, 3.05) is 0 Å². The third-order valence-corrected chi connectivity index (χ3v) is 1.49. The Morgan fingerprint density at radius 3 is 2.50 bits per heavy atom. The fraction of sp³-hybridized carbons (Fsp3) is 0.700. The lowest BCUT2D eigenvalue weighted by molar-refractivity contribution is 0.559. The van der Waals surface area contributed by atoms with Gasteiger partial charge >= 0.3 is 0 Å². The highest BCUT2D eigenvalue weighted by Gasteiger charge is 1.90.